The first-order valence-corrected chi connectivity index (χ1v) is 17.5. The van der Waals surface area contributed by atoms with Crippen molar-refractivity contribution in [3.63, 3.8) is 0 Å². The molecule has 0 N–H and O–H groups in total. The van der Waals surface area contributed by atoms with E-state index in [1.54, 1.807) is 0 Å². The number of nitrogens with zero attached hydrogens (tertiary/aromatic N) is 8. The quantitative estimate of drug-likeness (QED) is 0.270. The molecule has 0 amide bonds. The highest BCUT2D eigenvalue weighted by Gasteiger charge is 2.47. The fourth-order valence-electron chi connectivity index (χ4n) is 8.29. The Morgan fingerprint density at radius 3 is 1.28 bits per heavy atom. The molecule has 0 bridgehead atoms. The first-order chi connectivity index (χ1) is 20.0. The van der Waals surface area contributed by atoms with Crippen molar-refractivity contribution >= 4 is 17.8 Å². The molecule has 0 aliphatic carbocycles. The van der Waals surface area contributed by atoms with Gasteiger partial charge in [-0.05, 0) is 121 Å². The van der Waals surface area contributed by atoms with E-state index in [1.807, 2.05) is 0 Å². The van der Waals surface area contributed by atoms with E-state index in [1.165, 1.54) is 12.8 Å². The van der Waals surface area contributed by atoms with Gasteiger partial charge in [0.2, 0.25) is 17.8 Å². The number of rotatable bonds is 11. The first kappa shape index (κ1) is 34.2. The lowest BCUT2D eigenvalue weighted by atomic mass is 9.77. The largest absolute Gasteiger partial charge is 0.341 e. The van der Waals surface area contributed by atoms with Crippen molar-refractivity contribution in [2.45, 2.75) is 168 Å². The van der Waals surface area contributed by atoms with Gasteiger partial charge in [0.1, 0.15) is 0 Å². The summed E-state index contributed by atoms with van der Waals surface area (Å²) in [6.45, 7) is 27.9. The maximum absolute atomic E-state index is 5.47. The zero-order valence-corrected chi connectivity index (χ0v) is 30.1. The average Bonchev–Trinajstić information content (AvgIpc) is 3.45. The number of piperidine rings is 2. The number of aromatic nitrogens is 3. The average molecular weight is 599 g/mol. The van der Waals surface area contributed by atoms with E-state index in [4.69, 9.17) is 15.0 Å². The molecule has 1 aromatic heterocycles. The van der Waals surface area contributed by atoms with Crippen LogP contribution in [0.15, 0.2) is 0 Å². The summed E-state index contributed by atoms with van der Waals surface area (Å²) in [5, 5.41) is 0. The Kier molecular flexibility index (Phi) is 10.3. The molecule has 0 saturated carbocycles. The van der Waals surface area contributed by atoms with Gasteiger partial charge in [-0.2, -0.15) is 15.0 Å². The third kappa shape index (κ3) is 7.43. The second kappa shape index (κ2) is 13.0. The van der Waals surface area contributed by atoms with Crippen LogP contribution < -0.4 is 14.7 Å². The predicted molar refractivity (Wildman–Crippen MR) is 184 cm³/mol. The lowest BCUT2D eigenvalue weighted by Gasteiger charge is -2.56. The molecule has 4 heterocycles. The molecule has 3 saturated heterocycles. The molecule has 246 valence electrons. The molecule has 0 radical (unpaired) electrons. The van der Waals surface area contributed by atoms with Gasteiger partial charge in [0, 0.05) is 60.4 Å². The highest BCUT2D eigenvalue weighted by Crippen LogP contribution is 2.42. The van der Waals surface area contributed by atoms with Gasteiger partial charge in [-0.15, -0.1) is 0 Å². The van der Waals surface area contributed by atoms with Crippen molar-refractivity contribution in [3.8, 4) is 0 Å². The number of likely N-dealkylation sites (tertiary alicyclic amines) is 2. The Morgan fingerprint density at radius 1 is 0.605 bits per heavy atom. The van der Waals surface area contributed by atoms with Crippen LogP contribution in [0.4, 0.5) is 17.8 Å². The molecule has 8 nitrogen and oxygen atoms in total. The summed E-state index contributed by atoms with van der Waals surface area (Å²) in [4.78, 5) is 28.9. The predicted octanol–water partition coefficient (Wildman–Crippen LogP) is 6.99. The Labute approximate surface area is 265 Å². The van der Waals surface area contributed by atoms with E-state index in [0.29, 0.717) is 12.1 Å². The highest BCUT2D eigenvalue weighted by molar-refractivity contribution is 5.49. The lowest BCUT2D eigenvalue weighted by Crippen LogP contribution is -2.63. The van der Waals surface area contributed by atoms with Gasteiger partial charge in [0.05, 0.1) is 0 Å². The first-order valence-electron chi connectivity index (χ1n) is 17.5. The van der Waals surface area contributed by atoms with E-state index >= 15 is 0 Å². The van der Waals surface area contributed by atoms with Crippen molar-refractivity contribution in [3.05, 3.63) is 0 Å². The second-order valence-corrected chi connectivity index (χ2v) is 16.5. The molecule has 0 atom stereocenters. The highest BCUT2D eigenvalue weighted by atomic mass is 15.4. The van der Waals surface area contributed by atoms with Crippen LogP contribution in [0, 0.1) is 0 Å². The lowest BCUT2D eigenvalue weighted by molar-refractivity contribution is -0.0130. The summed E-state index contributed by atoms with van der Waals surface area (Å²) in [6.07, 6.45) is 11.5. The van der Waals surface area contributed by atoms with Crippen LogP contribution in [0.25, 0.3) is 0 Å². The minimum Gasteiger partial charge on any atom is -0.341 e. The van der Waals surface area contributed by atoms with Crippen LogP contribution in [0.1, 0.15) is 133 Å². The monoisotopic (exact) mass is 599 g/mol. The summed E-state index contributed by atoms with van der Waals surface area (Å²) in [5.74, 6) is 2.68. The zero-order chi connectivity index (χ0) is 31.8. The normalized spacial score (nSPS) is 24.4. The third-order valence-corrected chi connectivity index (χ3v) is 11.5. The van der Waals surface area contributed by atoms with Crippen LogP contribution >= 0.6 is 0 Å². The summed E-state index contributed by atoms with van der Waals surface area (Å²) < 4.78 is 0. The van der Waals surface area contributed by atoms with Crippen molar-refractivity contribution in [2.75, 3.05) is 55.0 Å². The number of hydrogen-bond acceptors (Lipinski definition) is 8. The van der Waals surface area contributed by atoms with Crippen molar-refractivity contribution in [1.82, 2.24) is 24.8 Å². The topological polar surface area (TPSA) is 54.9 Å². The fraction of sp³-hybridized carbons (Fsp3) is 0.914. The smallest absolute Gasteiger partial charge is 0.232 e. The van der Waals surface area contributed by atoms with Crippen LogP contribution in [0.5, 0.6) is 0 Å². The molecule has 8 heteroatoms. The fourth-order valence-corrected chi connectivity index (χ4v) is 8.29. The molecule has 3 aliphatic heterocycles. The van der Waals surface area contributed by atoms with Crippen molar-refractivity contribution < 1.29 is 0 Å². The van der Waals surface area contributed by atoms with Crippen LogP contribution in [-0.4, -0.2) is 99.3 Å². The van der Waals surface area contributed by atoms with Gasteiger partial charge in [-0.1, -0.05) is 26.7 Å². The number of hydrogen-bond donors (Lipinski definition) is 0. The molecule has 4 rings (SSSR count). The van der Waals surface area contributed by atoms with Crippen LogP contribution in [-0.2, 0) is 0 Å². The minimum absolute atomic E-state index is 0.100. The molecule has 3 fully saturated rings. The summed E-state index contributed by atoms with van der Waals surface area (Å²) in [6, 6.07) is 0.777. The molecular weight excluding hydrogens is 532 g/mol. The van der Waals surface area contributed by atoms with Crippen LogP contribution in [0.2, 0.25) is 0 Å². The Bertz CT molecular complexity index is 952. The van der Waals surface area contributed by atoms with E-state index in [9.17, 15) is 0 Å². The van der Waals surface area contributed by atoms with E-state index < -0.39 is 0 Å². The summed E-state index contributed by atoms with van der Waals surface area (Å²) in [7, 11) is 4.60. The number of unbranched alkanes of at least 4 members (excludes halogenated alkanes) is 2. The van der Waals surface area contributed by atoms with E-state index in [2.05, 4.69) is 108 Å². The molecule has 43 heavy (non-hydrogen) atoms. The maximum atomic E-state index is 5.47. The van der Waals surface area contributed by atoms with Crippen LogP contribution in [0.3, 0.4) is 0 Å². The van der Waals surface area contributed by atoms with Crippen molar-refractivity contribution in [1.29, 1.82) is 0 Å². The summed E-state index contributed by atoms with van der Waals surface area (Å²) in [5.41, 5.74) is 0.401. The maximum Gasteiger partial charge on any atom is 0.232 e. The second-order valence-electron chi connectivity index (χ2n) is 16.5. The molecule has 0 spiro atoms. The molecular formula is C35H66N8. The van der Waals surface area contributed by atoms with Gasteiger partial charge < -0.3 is 14.7 Å². The van der Waals surface area contributed by atoms with E-state index in [-0.39, 0.29) is 22.2 Å². The molecule has 0 unspecified atom stereocenters. The van der Waals surface area contributed by atoms with Gasteiger partial charge in [-0.3, -0.25) is 9.80 Å². The van der Waals surface area contributed by atoms with Gasteiger partial charge in [0.15, 0.2) is 0 Å². The zero-order valence-electron chi connectivity index (χ0n) is 30.1. The molecule has 1 aromatic rings. The molecule has 3 aliphatic rings. The van der Waals surface area contributed by atoms with Gasteiger partial charge in [-0.25, -0.2) is 0 Å². The van der Waals surface area contributed by atoms with Crippen molar-refractivity contribution in [2.24, 2.45) is 0 Å². The Morgan fingerprint density at radius 2 is 0.953 bits per heavy atom. The standard InChI is InChI=1S/C35H66N8/c1-13-15-21-42(27-23-32(3,4)39(11)33(5,6)24-27)30-36-29(41-19-17-18-20-41)37-31(38-30)43(22-16-14-2)28-25-34(7,8)40(12)35(9,10)26-28/h27-28H,13-26H2,1-12H3. The Hall–Kier alpha value is -1.67. The number of anilines is 3. The molecule has 0 aromatic carbocycles. The Balaban J connectivity index is 1.81. The third-order valence-electron chi connectivity index (χ3n) is 11.5. The minimum atomic E-state index is 0.100. The van der Waals surface area contributed by atoms with E-state index in [0.717, 1.165) is 95.4 Å². The van der Waals surface area contributed by atoms with Gasteiger partial charge in [0.25, 0.3) is 0 Å². The van der Waals surface area contributed by atoms with Gasteiger partial charge >= 0.3 is 0 Å². The SMILES string of the molecule is CCCCN(c1nc(N2CCCC2)nc(N(CCCC)C2CC(C)(C)N(C)C(C)(C)C2)n1)C1CC(C)(C)N(C)C(C)(C)C1. The summed E-state index contributed by atoms with van der Waals surface area (Å²) >= 11 is 0.